The fourth-order valence-electron chi connectivity index (χ4n) is 2.53. The third kappa shape index (κ3) is 3.82. The zero-order valence-electron chi connectivity index (χ0n) is 14.2. The first kappa shape index (κ1) is 17.7. The third-order valence-electron chi connectivity index (χ3n) is 3.88. The Bertz CT molecular complexity index is 722. The molecule has 0 bridgehead atoms. The molecule has 0 unspecified atom stereocenters. The van der Waals surface area contributed by atoms with Crippen molar-refractivity contribution in [3.8, 4) is 5.75 Å². The molecule has 0 N–H and O–H groups in total. The van der Waals surface area contributed by atoms with Gasteiger partial charge in [-0.05, 0) is 18.6 Å². The van der Waals surface area contributed by atoms with Crippen LogP contribution in [0.4, 0.5) is 0 Å². The zero-order chi connectivity index (χ0) is 17.5. The van der Waals surface area contributed by atoms with Crippen molar-refractivity contribution in [2.75, 3.05) is 14.2 Å². The van der Waals surface area contributed by atoms with E-state index in [1.54, 1.807) is 25.4 Å². The number of ether oxygens (including phenoxy) is 2. The molecule has 0 saturated heterocycles. The fraction of sp³-hybridized carbons (Fsp3) is 0.389. The number of imidazole rings is 1. The summed E-state index contributed by atoms with van der Waals surface area (Å²) >= 11 is 0. The molecule has 0 aliphatic rings. The van der Waals surface area contributed by atoms with Crippen LogP contribution in [0.25, 0.3) is 0 Å². The number of carbonyl (C=O) groups excluding carboxylic acids is 2. The standard InChI is InChI=1S/C18H22N2O4/c1-4-5-6-17-19-10-15(12-21)20(17)11-14-8-7-13(18(22)24-3)9-16(14)23-2/h7-10,12H,4-6,11H2,1-3H3. The lowest BCUT2D eigenvalue weighted by Gasteiger charge is -2.14. The maximum absolute atomic E-state index is 11.6. The Labute approximate surface area is 141 Å². The summed E-state index contributed by atoms with van der Waals surface area (Å²) < 4.78 is 12.0. The Morgan fingerprint density at radius 2 is 2.12 bits per heavy atom. The van der Waals surface area contributed by atoms with Gasteiger partial charge in [-0.2, -0.15) is 0 Å². The maximum atomic E-state index is 11.6. The molecule has 0 saturated carbocycles. The quantitative estimate of drug-likeness (QED) is 0.550. The van der Waals surface area contributed by atoms with Gasteiger partial charge in [0.1, 0.15) is 17.3 Å². The van der Waals surface area contributed by atoms with Crippen LogP contribution in [0, 0.1) is 0 Å². The number of esters is 1. The van der Waals surface area contributed by atoms with Crippen molar-refractivity contribution in [2.24, 2.45) is 0 Å². The summed E-state index contributed by atoms with van der Waals surface area (Å²) in [5.41, 5.74) is 1.81. The van der Waals surface area contributed by atoms with E-state index in [-0.39, 0.29) is 0 Å². The molecule has 6 heteroatoms. The molecular formula is C18H22N2O4. The fourth-order valence-corrected chi connectivity index (χ4v) is 2.53. The van der Waals surface area contributed by atoms with E-state index in [1.165, 1.54) is 7.11 Å². The number of methoxy groups -OCH3 is 2. The number of nitrogens with zero attached hydrogens (tertiary/aromatic N) is 2. The number of hydrogen-bond acceptors (Lipinski definition) is 5. The second-order valence-corrected chi connectivity index (χ2v) is 5.43. The van der Waals surface area contributed by atoms with Crippen molar-refractivity contribution in [1.82, 2.24) is 9.55 Å². The van der Waals surface area contributed by atoms with E-state index in [0.717, 1.165) is 36.9 Å². The zero-order valence-corrected chi connectivity index (χ0v) is 14.2. The SMILES string of the molecule is CCCCc1ncc(C=O)n1Cc1ccc(C(=O)OC)cc1OC. The second-order valence-electron chi connectivity index (χ2n) is 5.43. The summed E-state index contributed by atoms with van der Waals surface area (Å²) in [6.45, 7) is 2.57. The summed E-state index contributed by atoms with van der Waals surface area (Å²) in [6, 6.07) is 5.14. The number of aromatic nitrogens is 2. The van der Waals surface area contributed by atoms with Gasteiger partial charge in [0.15, 0.2) is 6.29 Å². The van der Waals surface area contributed by atoms with Gasteiger partial charge in [0.05, 0.1) is 32.5 Å². The smallest absolute Gasteiger partial charge is 0.337 e. The van der Waals surface area contributed by atoms with Gasteiger partial charge in [-0.3, -0.25) is 4.79 Å². The van der Waals surface area contributed by atoms with Crippen LogP contribution in [0.5, 0.6) is 5.75 Å². The topological polar surface area (TPSA) is 70.4 Å². The van der Waals surface area contributed by atoms with E-state index in [4.69, 9.17) is 9.47 Å². The summed E-state index contributed by atoms with van der Waals surface area (Å²) in [4.78, 5) is 27.3. The average molecular weight is 330 g/mol. The monoisotopic (exact) mass is 330 g/mol. The highest BCUT2D eigenvalue weighted by Crippen LogP contribution is 2.23. The van der Waals surface area contributed by atoms with Gasteiger partial charge in [0, 0.05) is 12.0 Å². The van der Waals surface area contributed by atoms with Crippen LogP contribution >= 0.6 is 0 Å². The summed E-state index contributed by atoms with van der Waals surface area (Å²) in [7, 11) is 2.89. The van der Waals surface area contributed by atoms with Gasteiger partial charge in [0.25, 0.3) is 0 Å². The largest absolute Gasteiger partial charge is 0.496 e. The molecular weight excluding hydrogens is 308 g/mol. The minimum absolute atomic E-state index is 0.417. The third-order valence-corrected chi connectivity index (χ3v) is 3.88. The lowest BCUT2D eigenvalue weighted by Crippen LogP contribution is -2.10. The van der Waals surface area contributed by atoms with Gasteiger partial charge >= 0.3 is 5.97 Å². The van der Waals surface area contributed by atoms with Crippen molar-refractivity contribution in [1.29, 1.82) is 0 Å². The Hall–Kier alpha value is -2.63. The molecule has 0 spiro atoms. The highest BCUT2D eigenvalue weighted by molar-refractivity contribution is 5.89. The predicted octanol–water partition coefficient (Wildman–Crippen LogP) is 2.88. The van der Waals surface area contributed by atoms with E-state index in [0.29, 0.717) is 23.6 Å². The number of aldehydes is 1. The molecule has 0 atom stereocenters. The van der Waals surface area contributed by atoms with Crippen molar-refractivity contribution < 1.29 is 19.1 Å². The van der Waals surface area contributed by atoms with Crippen LogP contribution in [0.1, 0.15) is 52.0 Å². The molecule has 1 heterocycles. The van der Waals surface area contributed by atoms with E-state index in [9.17, 15) is 9.59 Å². The number of hydrogen-bond donors (Lipinski definition) is 0. The number of rotatable bonds is 8. The first-order chi connectivity index (χ1) is 11.6. The van der Waals surface area contributed by atoms with Crippen LogP contribution < -0.4 is 4.74 Å². The molecule has 6 nitrogen and oxygen atoms in total. The molecule has 2 rings (SSSR count). The van der Waals surface area contributed by atoms with Crippen molar-refractivity contribution in [3.63, 3.8) is 0 Å². The van der Waals surface area contributed by atoms with Crippen LogP contribution in [-0.2, 0) is 17.7 Å². The Morgan fingerprint density at radius 1 is 1.33 bits per heavy atom. The van der Waals surface area contributed by atoms with Crippen molar-refractivity contribution >= 4 is 12.3 Å². The molecule has 0 radical (unpaired) electrons. The minimum atomic E-state index is -0.417. The molecule has 24 heavy (non-hydrogen) atoms. The molecule has 0 aliphatic heterocycles. The van der Waals surface area contributed by atoms with Crippen LogP contribution in [-0.4, -0.2) is 36.0 Å². The first-order valence-electron chi connectivity index (χ1n) is 7.89. The van der Waals surface area contributed by atoms with Crippen molar-refractivity contribution in [3.05, 3.63) is 47.0 Å². The maximum Gasteiger partial charge on any atom is 0.337 e. The van der Waals surface area contributed by atoms with Gasteiger partial charge in [0.2, 0.25) is 0 Å². The van der Waals surface area contributed by atoms with Crippen LogP contribution in [0.15, 0.2) is 24.4 Å². The molecule has 0 amide bonds. The van der Waals surface area contributed by atoms with E-state index in [1.807, 2.05) is 10.6 Å². The number of carbonyl (C=O) groups is 2. The summed E-state index contributed by atoms with van der Waals surface area (Å²) in [5.74, 6) is 1.03. The summed E-state index contributed by atoms with van der Waals surface area (Å²) in [5, 5.41) is 0. The van der Waals surface area contributed by atoms with Crippen molar-refractivity contribution in [2.45, 2.75) is 32.7 Å². The first-order valence-corrected chi connectivity index (χ1v) is 7.89. The molecule has 0 aliphatic carbocycles. The minimum Gasteiger partial charge on any atom is -0.496 e. The normalized spacial score (nSPS) is 10.5. The van der Waals surface area contributed by atoms with Gasteiger partial charge < -0.3 is 14.0 Å². The van der Waals surface area contributed by atoms with Gasteiger partial charge in [-0.1, -0.05) is 19.4 Å². The van der Waals surface area contributed by atoms with Crippen LogP contribution in [0.2, 0.25) is 0 Å². The lowest BCUT2D eigenvalue weighted by molar-refractivity contribution is 0.0600. The number of unbranched alkanes of at least 4 members (excludes halogenated alkanes) is 1. The lowest BCUT2D eigenvalue weighted by atomic mass is 10.1. The molecule has 1 aromatic carbocycles. The number of aryl methyl sites for hydroxylation is 1. The van der Waals surface area contributed by atoms with E-state index < -0.39 is 5.97 Å². The Balaban J connectivity index is 2.35. The molecule has 0 fully saturated rings. The molecule has 2 aromatic rings. The molecule has 1 aromatic heterocycles. The summed E-state index contributed by atoms with van der Waals surface area (Å²) in [6.07, 6.45) is 5.27. The highest BCUT2D eigenvalue weighted by Gasteiger charge is 2.14. The molecule has 128 valence electrons. The van der Waals surface area contributed by atoms with E-state index in [2.05, 4.69) is 11.9 Å². The average Bonchev–Trinajstić information content (AvgIpc) is 3.01. The Kier molecular flexibility index (Phi) is 6.12. The Morgan fingerprint density at radius 3 is 2.75 bits per heavy atom. The van der Waals surface area contributed by atoms with E-state index >= 15 is 0 Å². The predicted molar refractivity (Wildman–Crippen MR) is 89.7 cm³/mol. The number of benzene rings is 1. The van der Waals surface area contributed by atoms with Gasteiger partial charge in [-0.25, -0.2) is 9.78 Å². The van der Waals surface area contributed by atoms with Crippen LogP contribution in [0.3, 0.4) is 0 Å². The second kappa shape index (κ2) is 8.29. The van der Waals surface area contributed by atoms with Gasteiger partial charge in [-0.15, -0.1) is 0 Å². The highest BCUT2D eigenvalue weighted by atomic mass is 16.5.